The molecule has 1 aromatic carbocycles. The van der Waals surface area contributed by atoms with Crippen LogP contribution in [-0.4, -0.2) is 26.7 Å². The van der Waals surface area contributed by atoms with Crippen LogP contribution in [0.3, 0.4) is 0 Å². The van der Waals surface area contributed by atoms with Crippen molar-refractivity contribution >= 4 is 26.0 Å². The number of rotatable bonds is 7. The lowest BCUT2D eigenvalue weighted by molar-refractivity contribution is 0.263. The van der Waals surface area contributed by atoms with E-state index in [4.69, 9.17) is 5.11 Å². The molecule has 2 N–H and O–H groups in total. The van der Waals surface area contributed by atoms with Gasteiger partial charge in [-0.1, -0.05) is 35.0 Å². The minimum atomic E-state index is -3.31. The van der Waals surface area contributed by atoms with Crippen LogP contribution >= 0.6 is 15.9 Å². The van der Waals surface area contributed by atoms with Gasteiger partial charge in [-0.15, -0.1) is 0 Å². The molecule has 0 bridgehead atoms. The predicted octanol–water partition coefficient (Wildman–Crippen LogP) is 1.89. The third kappa shape index (κ3) is 5.95. The van der Waals surface area contributed by atoms with Crippen LogP contribution in [0.1, 0.15) is 18.9 Å². The van der Waals surface area contributed by atoms with Crippen molar-refractivity contribution in [1.82, 2.24) is 4.72 Å². The zero-order valence-corrected chi connectivity index (χ0v) is 12.7. The molecule has 1 atom stereocenters. The van der Waals surface area contributed by atoms with Crippen molar-refractivity contribution in [3.8, 4) is 0 Å². The molecule has 1 rings (SSSR count). The van der Waals surface area contributed by atoms with Crippen LogP contribution in [0.15, 0.2) is 28.7 Å². The normalized spacial score (nSPS) is 13.5. The first-order valence-electron chi connectivity index (χ1n) is 5.75. The average Bonchev–Trinajstić information content (AvgIpc) is 2.30. The summed E-state index contributed by atoms with van der Waals surface area (Å²) >= 11 is 3.30. The molecule has 18 heavy (non-hydrogen) atoms. The molecule has 0 amide bonds. The van der Waals surface area contributed by atoms with Gasteiger partial charge in [-0.2, -0.15) is 0 Å². The highest BCUT2D eigenvalue weighted by atomic mass is 79.9. The van der Waals surface area contributed by atoms with Gasteiger partial charge in [0, 0.05) is 17.6 Å². The summed E-state index contributed by atoms with van der Waals surface area (Å²) in [5.74, 6) is 0.112. The van der Waals surface area contributed by atoms with Crippen LogP contribution in [0, 0.1) is 5.92 Å². The van der Waals surface area contributed by atoms with Crippen LogP contribution < -0.4 is 4.72 Å². The second-order valence-corrected chi connectivity index (χ2v) is 7.07. The maximum absolute atomic E-state index is 11.8. The van der Waals surface area contributed by atoms with E-state index in [1.165, 1.54) is 0 Å². The Hall–Kier alpha value is -0.430. The Morgan fingerprint density at radius 1 is 1.33 bits per heavy atom. The van der Waals surface area contributed by atoms with Crippen molar-refractivity contribution in [3.05, 3.63) is 34.3 Å². The van der Waals surface area contributed by atoms with Gasteiger partial charge in [0.25, 0.3) is 0 Å². The molecular weight excluding hydrogens is 318 g/mol. The summed E-state index contributed by atoms with van der Waals surface area (Å²) in [6.45, 7) is 2.34. The Kier molecular flexibility index (Phi) is 6.28. The molecule has 0 radical (unpaired) electrons. The smallest absolute Gasteiger partial charge is 0.215 e. The molecule has 0 aliphatic rings. The first-order valence-corrected chi connectivity index (χ1v) is 8.20. The molecule has 6 heteroatoms. The van der Waals surface area contributed by atoms with E-state index in [1.54, 1.807) is 12.1 Å². The van der Waals surface area contributed by atoms with E-state index in [0.717, 1.165) is 10.0 Å². The molecule has 0 heterocycles. The van der Waals surface area contributed by atoms with Gasteiger partial charge in [-0.05, 0) is 30.0 Å². The molecule has 0 saturated carbocycles. The summed E-state index contributed by atoms with van der Waals surface area (Å²) < 4.78 is 27.1. The second-order valence-electron chi connectivity index (χ2n) is 4.35. The molecule has 0 spiro atoms. The van der Waals surface area contributed by atoms with Crippen molar-refractivity contribution in [2.45, 2.75) is 19.1 Å². The molecule has 0 aromatic heterocycles. The van der Waals surface area contributed by atoms with Gasteiger partial charge < -0.3 is 5.11 Å². The number of hydrogen-bond acceptors (Lipinski definition) is 3. The largest absolute Gasteiger partial charge is 0.396 e. The number of halogens is 1. The van der Waals surface area contributed by atoms with Gasteiger partial charge in [0.15, 0.2) is 0 Å². The molecule has 102 valence electrons. The lowest BCUT2D eigenvalue weighted by atomic mass is 10.1. The van der Waals surface area contributed by atoms with E-state index >= 15 is 0 Å². The average molecular weight is 336 g/mol. The number of sulfonamides is 1. The van der Waals surface area contributed by atoms with E-state index in [-0.39, 0.29) is 18.3 Å². The summed E-state index contributed by atoms with van der Waals surface area (Å²) in [5.41, 5.74) is 0.750. The highest BCUT2D eigenvalue weighted by Crippen LogP contribution is 2.12. The van der Waals surface area contributed by atoms with Gasteiger partial charge in [-0.25, -0.2) is 13.1 Å². The molecule has 4 nitrogen and oxygen atoms in total. The fourth-order valence-electron chi connectivity index (χ4n) is 1.44. The lowest BCUT2D eigenvalue weighted by Crippen LogP contribution is -2.29. The van der Waals surface area contributed by atoms with Crippen molar-refractivity contribution in [2.75, 3.05) is 13.2 Å². The summed E-state index contributed by atoms with van der Waals surface area (Å²) in [7, 11) is -3.31. The van der Waals surface area contributed by atoms with Gasteiger partial charge in [0.1, 0.15) is 0 Å². The van der Waals surface area contributed by atoms with Gasteiger partial charge in [0.05, 0.1) is 5.75 Å². The number of nitrogens with one attached hydrogen (secondary N) is 1. The summed E-state index contributed by atoms with van der Waals surface area (Å²) in [5, 5.41) is 8.75. The Balaban J connectivity index is 2.52. The SMILES string of the molecule is CC(CCO)CNS(=O)(=O)Cc1ccc(Br)cc1. The summed E-state index contributed by atoms with van der Waals surface area (Å²) in [4.78, 5) is 0. The Bertz CT molecular complexity index is 459. The lowest BCUT2D eigenvalue weighted by Gasteiger charge is -2.11. The van der Waals surface area contributed by atoms with E-state index in [9.17, 15) is 8.42 Å². The number of benzene rings is 1. The van der Waals surface area contributed by atoms with Crippen LogP contribution in [0.4, 0.5) is 0 Å². The molecule has 0 fully saturated rings. The molecule has 1 unspecified atom stereocenters. The Morgan fingerprint density at radius 2 is 1.94 bits per heavy atom. The van der Waals surface area contributed by atoms with E-state index in [2.05, 4.69) is 20.7 Å². The van der Waals surface area contributed by atoms with E-state index in [1.807, 2.05) is 19.1 Å². The molecule has 0 aliphatic heterocycles. The number of aliphatic hydroxyl groups excluding tert-OH is 1. The van der Waals surface area contributed by atoms with Gasteiger partial charge in [-0.3, -0.25) is 0 Å². The van der Waals surface area contributed by atoms with Crippen LogP contribution in [0.5, 0.6) is 0 Å². The van der Waals surface area contributed by atoms with E-state index < -0.39 is 10.0 Å². The molecule has 1 aromatic rings. The fourth-order valence-corrected chi connectivity index (χ4v) is 2.98. The second kappa shape index (κ2) is 7.23. The predicted molar refractivity (Wildman–Crippen MR) is 75.6 cm³/mol. The molecular formula is C12H18BrNO3S. The Labute approximate surface area is 117 Å². The quantitative estimate of drug-likeness (QED) is 0.799. The zero-order chi connectivity index (χ0) is 13.6. The van der Waals surface area contributed by atoms with Crippen molar-refractivity contribution in [3.63, 3.8) is 0 Å². The topological polar surface area (TPSA) is 66.4 Å². The highest BCUT2D eigenvalue weighted by molar-refractivity contribution is 9.10. The van der Waals surface area contributed by atoms with Gasteiger partial charge >= 0.3 is 0 Å². The maximum Gasteiger partial charge on any atom is 0.215 e. The maximum atomic E-state index is 11.8. The van der Waals surface area contributed by atoms with Crippen LogP contribution in [0.2, 0.25) is 0 Å². The number of hydrogen-bond donors (Lipinski definition) is 2. The van der Waals surface area contributed by atoms with Crippen molar-refractivity contribution in [2.24, 2.45) is 5.92 Å². The molecule has 0 saturated heterocycles. The summed E-state index contributed by atoms with van der Waals surface area (Å²) in [6.07, 6.45) is 0.598. The highest BCUT2D eigenvalue weighted by Gasteiger charge is 2.12. The fraction of sp³-hybridized carbons (Fsp3) is 0.500. The minimum absolute atomic E-state index is 0.0217. The van der Waals surface area contributed by atoms with Gasteiger partial charge in [0.2, 0.25) is 10.0 Å². The summed E-state index contributed by atoms with van der Waals surface area (Å²) in [6, 6.07) is 7.19. The van der Waals surface area contributed by atoms with E-state index in [0.29, 0.717) is 13.0 Å². The number of aliphatic hydroxyl groups is 1. The van der Waals surface area contributed by atoms with Crippen molar-refractivity contribution < 1.29 is 13.5 Å². The Morgan fingerprint density at radius 3 is 2.50 bits per heavy atom. The third-order valence-electron chi connectivity index (χ3n) is 2.54. The third-order valence-corrected chi connectivity index (χ3v) is 4.39. The molecule has 0 aliphatic carbocycles. The minimum Gasteiger partial charge on any atom is -0.396 e. The standard InChI is InChI=1S/C12H18BrNO3S/c1-10(6-7-15)8-14-18(16,17)9-11-2-4-12(13)5-3-11/h2-5,10,14-15H,6-9H2,1H3. The monoisotopic (exact) mass is 335 g/mol. The zero-order valence-electron chi connectivity index (χ0n) is 10.3. The van der Waals surface area contributed by atoms with Crippen LogP contribution in [0.25, 0.3) is 0 Å². The van der Waals surface area contributed by atoms with Crippen LogP contribution in [-0.2, 0) is 15.8 Å². The first kappa shape index (κ1) is 15.6. The van der Waals surface area contributed by atoms with Crippen molar-refractivity contribution in [1.29, 1.82) is 0 Å². The first-order chi connectivity index (χ1) is 8.43.